The standard InChI is InChI=1S/C21H26F3N5/c22-21(23,24)16-5-3-15(4-6-16)19(14-25)29-12-10-28(11-13-29)18-7-9-27-20-17(18)2-1-8-26-20/h3-7,9,19H,1-2,8,10-14,25H2,(H,26,27). The Bertz CT molecular complexity index is 829. The zero-order valence-corrected chi connectivity index (χ0v) is 16.3. The van der Waals surface area contributed by atoms with Crippen LogP contribution in [0.15, 0.2) is 36.5 Å². The van der Waals surface area contributed by atoms with Crippen molar-refractivity contribution >= 4 is 11.5 Å². The number of halogens is 3. The highest BCUT2D eigenvalue weighted by Gasteiger charge is 2.31. The molecule has 1 aromatic heterocycles. The fourth-order valence-electron chi connectivity index (χ4n) is 4.31. The average Bonchev–Trinajstić information content (AvgIpc) is 2.74. The van der Waals surface area contributed by atoms with E-state index in [2.05, 4.69) is 26.2 Å². The third-order valence-corrected chi connectivity index (χ3v) is 5.87. The molecule has 2 aliphatic rings. The zero-order valence-electron chi connectivity index (χ0n) is 16.3. The lowest BCUT2D eigenvalue weighted by atomic mass is 10.0. The molecule has 1 fully saturated rings. The zero-order chi connectivity index (χ0) is 20.4. The van der Waals surface area contributed by atoms with Gasteiger partial charge in [-0.2, -0.15) is 13.2 Å². The summed E-state index contributed by atoms with van der Waals surface area (Å²) in [5.41, 5.74) is 8.73. The first-order valence-corrected chi connectivity index (χ1v) is 10.1. The highest BCUT2D eigenvalue weighted by molar-refractivity contribution is 5.64. The maximum Gasteiger partial charge on any atom is 0.416 e. The van der Waals surface area contributed by atoms with E-state index in [-0.39, 0.29) is 6.04 Å². The van der Waals surface area contributed by atoms with Gasteiger partial charge in [0, 0.05) is 62.8 Å². The van der Waals surface area contributed by atoms with Crippen molar-refractivity contribution < 1.29 is 13.2 Å². The van der Waals surface area contributed by atoms with Crippen molar-refractivity contribution in [1.82, 2.24) is 9.88 Å². The van der Waals surface area contributed by atoms with Gasteiger partial charge in [-0.15, -0.1) is 0 Å². The molecule has 2 aromatic rings. The van der Waals surface area contributed by atoms with Crippen molar-refractivity contribution in [2.45, 2.75) is 25.1 Å². The molecule has 1 aromatic carbocycles. The summed E-state index contributed by atoms with van der Waals surface area (Å²) < 4.78 is 38.5. The number of benzene rings is 1. The molecule has 2 aliphatic heterocycles. The minimum Gasteiger partial charge on any atom is -0.370 e. The molecule has 8 heteroatoms. The second kappa shape index (κ2) is 8.20. The number of hydrogen-bond acceptors (Lipinski definition) is 5. The van der Waals surface area contributed by atoms with Gasteiger partial charge < -0.3 is 16.0 Å². The maximum absolute atomic E-state index is 12.8. The molecule has 0 bridgehead atoms. The van der Waals surface area contributed by atoms with Crippen molar-refractivity contribution in [2.24, 2.45) is 5.73 Å². The summed E-state index contributed by atoms with van der Waals surface area (Å²) in [6.07, 6.45) is -0.331. The number of piperazine rings is 1. The van der Waals surface area contributed by atoms with Crippen molar-refractivity contribution in [3.8, 4) is 0 Å². The monoisotopic (exact) mass is 405 g/mol. The van der Waals surface area contributed by atoms with Crippen LogP contribution < -0.4 is 16.0 Å². The normalized spacial score (nSPS) is 18.8. The molecule has 4 rings (SSSR count). The Labute approximate surface area is 168 Å². The van der Waals surface area contributed by atoms with E-state index in [1.54, 1.807) is 12.1 Å². The molecular formula is C21H26F3N5. The van der Waals surface area contributed by atoms with Gasteiger partial charge in [0.1, 0.15) is 5.82 Å². The molecule has 0 aliphatic carbocycles. The molecule has 29 heavy (non-hydrogen) atoms. The first-order chi connectivity index (χ1) is 14.0. The lowest BCUT2D eigenvalue weighted by Gasteiger charge is -2.41. The van der Waals surface area contributed by atoms with Crippen LogP contribution in [-0.4, -0.2) is 49.2 Å². The molecule has 3 N–H and O–H groups in total. The van der Waals surface area contributed by atoms with Crippen LogP contribution >= 0.6 is 0 Å². The summed E-state index contributed by atoms with van der Waals surface area (Å²) in [7, 11) is 0. The minimum atomic E-state index is -4.32. The van der Waals surface area contributed by atoms with E-state index in [0.29, 0.717) is 6.54 Å². The van der Waals surface area contributed by atoms with Crippen molar-refractivity contribution in [3.63, 3.8) is 0 Å². The molecule has 0 spiro atoms. The SMILES string of the molecule is NCC(c1ccc(C(F)(F)F)cc1)N1CCN(c2ccnc3c2CCCN3)CC1. The molecule has 156 valence electrons. The van der Waals surface area contributed by atoms with E-state index >= 15 is 0 Å². The van der Waals surface area contributed by atoms with E-state index in [0.717, 1.165) is 69.1 Å². The number of fused-ring (bicyclic) bond motifs is 1. The predicted molar refractivity (Wildman–Crippen MR) is 108 cm³/mol. The van der Waals surface area contributed by atoms with E-state index in [4.69, 9.17) is 5.73 Å². The Morgan fingerprint density at radius 1 is 1.07 bits per heavy atom. The summed E-state index contributed by atoms with van der Waals surface area (Å²) >= 11 is 0. The summed E-state index contributed by atoms with van der Waals surface area (Å²) in [5, 5.41) is 3.37. The third-order valence-electron chi connectivity index (χ3n) is 5.87. The van der Waals surface area contributed by atoms with Crippen molar-refractivity contribution in [3.05, 3.63) is 53.2 Å². The van der Waals surface area contributed by atoms with E-state index in [1.165, 1.54) is 11.3 Å². The largest absolute Gasteiger partial charge is 0.416 e. The fraction of sp³-hybridized carbons (Fsp3) is 0.476. The number of nitrogens with two attached hydrogens (primary N) is 1. The van der Waals surface area contributed by atoms with Gasteiger partial charge in [-0.05, 0) is 36.6 Å². The highest BCUT2D eigenvalue weighted by Crippen LogP contribution is 2.33. The van der Waals surface area contributed by atoms with Crippen LogP contribution in [0.5, 0.6) is 0 Å². The number of rotatable bonds is 4. The Morgan fingerprint density at radius 3 is 2.45 bits per heavy atom. The van der Waals surface area contributed by atoms with Crippen LogP contribution in [0.4, 0.5) is 24.7 Å². The lowest BCUT2D eigenvalue weighted by Crippen LogP contribution is -2.49. The molecule has 0 saturated carbocycles. The number of hydrogen-bond donors (Lipinski definition) is 2. The van der Waals surface area contributed by atoms with E-state index in [9.17, 15) is 13.2 Å². The molecule has 0 amide bonds. The first kappa shape index (κ1) is 20.0. The summed E-state index contributed by atoms with van der Waals surface area (Å²) in [6, 6.07) is 7.40. The van der Waals surface area contributed by atoms with Gasteiger partial charge in [-0.25, -0.2) is 4.98 Å². The van der Waals surface area contributed by atoms with Crippen LogP contribution in [-0.2, 0) is 12.6 Å². The average molecular weight is 405 g/mol. The van der Waals surface area contributed by atoms with Crippen LogP contribution in [0.1, 0.15) is 29.2 Å². The topological polar surface area (TPSA) is 57.4 Å². The molecule has 1 saturated heterocycles. The van der Waals surface area contributed by atoms with E-state index in [1.807, 2.05) is 6.20 Å². The molecule has 5 nitrogen and oxygen atoms in total. The number of nitrogens with one attached hydrogen (secondary N) is 1. The summed E-state index contributed by atoms with van der Waals surface area (Å²) in [5.74, 6) is 0.987. The van der Waals surface area contributed by atoms with Crippen molar-refractivity contribution in [1.29, 1.82) is 0 Å². The summed E-state index contributed by atoms with van der Waals surface area (Å²) in [6.45, 7) is 4.67. The Hall–Kier alpha value is -2.32. The van der Waals surface area contributed by atoms with Crippen LogP contribution in [0.3, 0.4) is 0 Å². The van der Waals surface area contributed by atoms with Crippen LogP contribution in [0.25, 0.3) is 0 Å². The quantitative estimate of drug-likeness (QED) is 0.818. The minimum absolute atomic E-state index is 0.0764. The van der Waals surface area contributed by atoms with Gasteiger partial charge in [0.25, 0.3) is 0 Å². The van der Waals surface area contributed by atoms with Gasteiger partial charge in [-0.3, -0.25) is 4.90 Å². The lowest BCUT2D eigenvalue weighted by molar-refractivity contribution is -0.137. The maximum atomic E-state index is 12.8. The number of anilines is 2. The Balaban J connectivity index is 1.45. The van der Waals surface area contributed by atoms with Gasteiger partial charge in [0.05, 0.1) is 5.56 Å². The molecule has 1 atom stereocenters. The van der Waals surface area contributed by atoms with Crippen LogP contribution in [0, 0.1) is 0 Å². The summed E-state index contributed by atoms with van der Waals surface area (Å²) in [4.78, 5) is 9.10. The smallest absolute Gasteiger partial charge is 0.370 e. The Morgan fingerprint density at radius 2 is 1.79 bits per heavy atom. The van der Waals surface area contributed by atoms with Gasteiger partial charge in [-0.1, -0.05) is 12.1 Å². The second-order valence-electron chi connectivity index (χ2n) is 7.58. The molecule has 0 radical (unpaired) electrons. The number of nitrogens with zero attached hydrogens (tertiary/aromatic N) is 3. The molecule has 3 heterocycles. The van der Waals surface area contributed by atoms with Crippen LogP contribution in [0.2, 0.25) is 0 Å². The predicted octanol–water partition coefficient (Wildman–Crippen LogP) is 3.28. The number of pyridine rings is 1. The van der Waals surface area contributed by atoms with Gasteiger partial charge in [0.2, 0.25) is 0 Å². The molecule has 1 unspecified atom stereocenters. The third kappa shape index (κ3) is 4.18. The van der Waals surface area contributed by atoms with Gasteiger partial charge in [0.15, 0.2) is 0 Å². The van der Waals surface area contributed by atoms with E-state index < -0.39 is 11.7 Å². The van der Waals surface area contributed by atoms with Crippen molar-refractivity contribution in [2.75, 3.05) is 49.5 Å². The second-order valence-corrected chi connectivity index (χ2v) is 7.58. The van der Waals surface area contributed by atoms with Gasteiger partial charge >= 0.3 is 6.18 Å². The number of alkyl halides is 3. The highest BCUT2D eigenvalue weighted by atomic mass is 19.4. The first-order valence-electron chi connectivity index (χ1n) is 10.1. The fourth-order valence-corrected chi connectivity index (χ4v) is 4.31. The molecular weight excluding hydrogens is 379 g/mol. The number of aromatic nitrogens is 1. The Kier molecular flexibility index (Phi) is 5.65.